The van der Waals surface area contributed by atoms with Gasteiger partial charge >= 0.3 is 0 Å². The second-order valence-corrected chi connectivity index (χ2v) is 11.7. The summed E-state index contributed by atoms with van der Waals surface area (Å²) in [4.78, 5) is 0. The predicted molar refractivity (Wildman–Crippen MR) is 150 cm³/mol. The van der Waals surface area contributed by atoms with Gasteiger partial charge in [-0.3, -0.25) is 0 Å². The van der Waals surface area contributed by atoms with Crippen LogP contribution in [0.4, 0.5) is 0 Å². The molecule has 0 N–H and O–H groups in total. The highest BCUT2D eigenvalue weighted by Crippen LogP contribution is 2.52. The second-order valence-electron chi connectivity index (χ2n) is 11.0. The Labute approximate surface area is 210 Å². The number of hydrogen-bond donors (Lipinski definition) is 0. The third-order valence-electron chi connectivity index (χ3n) is 8.50. The van der Waals surface area contributed by atoms with Gasteiger partial charge in [-0.1, -0.05) is 87.8 Å². The van der Waals surface area contributed by atoms with Gasteiger partial charge in [-0.05, 0) is 100 Å². The van der Waals surface area contributed by atoms with E-state index in [2.05, 4.69) is 116 Å². The van der Waals surface area contributed by atoms with Gasteiger partial charge in [-0.2, -0.15) is 0 Å². The van der Waals surface area contributed by atoms with Crippen LogP contribution in [0.2, 0.25) is 0 Å². The number of halogens is 1. The molecule has 2 aliphatic rings. The molecule has 5 aromatic rings. The number of benzene rings is 5. The summed E-state index contributed by atoms with van der Waals surface area (Å²) in [6, 6.07) is 27.0. The molecule has 0 spiro atoms. The SMILES string of the molecule is [B]c1c2cc3c(cc2c(Br)c2cc4c(cc12)-c1ccccc1C4(C)C)-c1ccccc1C3(C)C. The fraction of sp³-hybridized carbons (Fsp3) is 0.188. The first-order chi connectivity index (χ1) is 16.2. The van der Waals surface area contributed by atoms with Crippen molar-refractivity contribution in [2.24, 2.45) is 0 Å². The minimum absolute atomic E-state index is 0.0375. The fourth-order valence-corrected chi connectivity index (χ4v) is 7.25. The lowest BCUT2D eigenvalue weighted by molar-refractivity contribution is 0.661. The average Bonchev–Trinajstić information content (AvgIpc) is 3.20. The highest BCUT2D eigenvalue weighted by atomic mass is 79.9. The lowest BCUT2D eigenvalue weighted by atomic mass is 9.78. The van der Waals surface area contributed by atoms with E-state index in [9.17, 15) is 0 Å². The van der Waals surface area contributed by atoms with Gasteiger partial charge < -0.3 is 0 Å². The van der Waals surface area contributed by atoms with Crippen molar-refractivity contribution < 1.29 is 0 Å². The van der Waals surface area contributed by atoms with Crippen LogP contribution in [0, 0.1) is 0 Å². The van der Waals surface area contributed by atoms with Crippen molar-refractivity contribution >= 4 is 50.8 Å². The summed E-state index contributed by atoms with van der Waals surface area (Å²) in [6.45, 7) is 9.30. The molecular weight excluding hydrogens is 475 g/mol. The van der Waals surface area contributed by atoms with E-state index in [4.69, 9.17) is 7.85 Å². The minimum atomic E-state index is -0.0467. The van der Waals surface area contributed by atoms with E-state index in [-0.39, 0.29) is 10.8 Å². The first kappa shape index (κ1) is 20.5. The molecule has 0 heterocycles. The molecule has 0 atom stereocenters. The van der Waals surface area contributed by atoms with Crippen LogP contribution in [0.1, 0.15) is 49.9 Å². The Morgan fingerprint density at radius 2 is 0.941 bits per heavy atom. The van der Waals surface area contributed by atoms with Gasteiger partial charge in [-0.25, -0.2) is 0 Å². The molecule has 2 radical (unpaired) electrons. The zero-order valence-electron chi connectivity index (χ0n) is 19.9. The Hall–Kier alpha value is -2.84. The molecule has 2 aliphatic carbocycles. The summed E-state index contributed by atoms with van der Waals surface area (Å²) >= 11 is 4.02. The molecular formula is C32H24BBr. The maximum atomic E-state index is 6.97. The molecule has 0 bridgehead atoms. The highest BCUT2D eigenvalue weighted by molar-refractivity contribution is 9.10. The molecule has 0 saturated carbocycles. The highest BCUT2D eigenvalue weighted by Gasteiger charge is 2.37. The van der Waals surface area contributed by atoms with Gasteiger partial charge in [0.25, 0.3) is 0 Å². The number of rotatable bonds is 0. The molecule has 0 nitrogen and oxygen atoms in total. The van der Waals surface area contributed by atoms with Gasteiger partial charge in [0.1, 0.15) is 7.85 Å². The van der Waals surface area contributed by atoms with E-state index < -0.39 is 0 Å². The summed E-state index contributed by atoms with van der Waals surface area (Å²) < 4.78 is 1.13. The molecule has 7 rings (SSSR count). The molecule has 162 valence electrons. The van der Waals surface area contributed by atoms with Crippen LogP contribution in [0.5, 0.6) is 0 Å². The van der Waals surface area contributed by atoms with E-state index in [1.807, 2.05) is 0 Å². The molecule has 5 aromatic carbocycles. The van der Waals surface area contributed by atoms with Crippen molar-refractivity contribution in [1.82, 2.24) is 0 Å². The average molecular weight is 499 g/mol. The fourth-order valence-electron chi connectivity index (χ4n) is 6.59. The third-order valence-corrected chi connectivity index (χ3v) is 9.35. The molecule has 0 aromatic heterocycles. The molecule has 0 unspecified atom stereocenters. The van der Waals surface area contributed by atoms with Gasteiger partial charge in [-0.15, -0.1) is 0 Å². The van der Waals surface area contributed by atoms with Crippen LogP contribution in [-0.4, -0.2) is 7.85 Å². The largest absolute Gasteiger partial charge is 0.115 e. The first-order valence-corrected chi connectivity index (χ1v) is 12.7. The Kier molecular flexibility index (Phi) is 3.88. The van der Waals surface area contributed by atoms with Crippen LogP contribution < -0.4 is 5.46 Å². The van der Waals surface area contributed by atoms with Gasteiger partial charge in [0.2, 0.25) is 0 Å². The van der Waals surface area contributed by atoms with Crippen molar-refractivity contribution in [1.29, 1.82) is 0 Å². The summed E-state index contributed by atoms with van der Waals surface area (Å²) in [5.41, 5.74) is 11.6. The number of hydrogen-bond acceptors (Lipinski definition) is 0. The van der Waals surface area contributed by atoms with E-state index in [1.54, 1.807) is 0 Å². The molecule has 0 aliphatic heterocycles. The zero-order chi connectivity index (χ0) is 23.6. The van der Waals surface area contributed by atoms with Crippen molar-refractivity contribution in [3.8, 4) is 22.3 Å². The molecule has 0 amide bonds. The smallest absolute Gasteiger partial charge is 0.0812 e. The molecule has 0 fully saturated rings. The molecule has 34 heavy (non-hydrogen) atoms. The van der Waals surface area contributed by atoms with Crippen LogP contribution in [0.15, 0.2) is 77.3 Å². The topological polar surface area (TPSA) is 0 Å². The standard InChI is InChI=1S/C32H24BBr/c1-31(2)26-12-8-6-10-18(26)20-14-23-22(15-27(20)31)29(33)21-13-19-17-9-5-7-11-25(17)32(3,4)28(19)16-24(21)30(23)34/h5-16H,1-4H3. The van der Waals surface area contributed by atoms with E-state index in [1.165, 1.54) is 55.3 Å². The summed E-state index contributed by atoms with van der Waals surface area (Å²) in [5, 5.41) is 4.63. The van der Waals surface area contributed by atoms with Crippen molar-refractivity contribution in [3.63, 3.8) is 0 Å². The van der Waals surface area contributed by atoms with Crippen LogP contribution in [0.3, 0.4) is 0 Å². The monoisotopic (exact) mass is 498 g/mol. The third kappa shape index (κ3) is 2.35. The Bertz CT molecular complexity index is 1590. The molecule has 2 heteroatoms. The summed E-state index contributed by atoms with van der Waals surface area (Å²) in [6.07, 6.45) is 0. The normalized spacial score (nSPS) is 16.4. The maximum absolute atomic E-state index is 6.97. The predicted octanol–water partition coefficient (Wildman–Crippen LogP) is 8.16. The summed E-state index contributed by atoms with van der Waals surface area (Å²) in [7, 11) is 6.97. The van der Waals surface area contributed by atoms with Crippen LogP contribution in [-0.2, 0) is 10.8 Å². The number of fused-ring (bicyclic) bond motifs is 8. The van der Waals surface area contributed by atoms with Crippen LogP contribution >= 0.6 is 15.9 Å². The lowest BCUT2D eigenvalue weighted by Gasteiger charge is -2.24. The minimum Gasteiger partial charge on any atom is -0.0812 e. The van der Waals surface area contributed by atoms with Crippen molar-refractivity contribution in [2.45, 2.75) is 38.5 Å². The van der Waals surface area contributed by atoms with E-state index in [0.29, 0.717) is 0 Å². The Morgan fingerprint density at radius 3 is 1.50 bits per heavy atom. The first-order valence-electron chi connectivity index (χ1n) is 11.9. The summed E-state index contributed by atoms with van der Waals surface area (Å²) in [5.74, 6) is 0. The lowest BCUT2D eigenvalue weighted by Crippen LogP contribution is -2.16. The quantitative estimate of drug-likeness (QED) is 0.149. The zero-order valence-corrected chi connectivity index (χ0v) is 21.5. The van der Waals surface area contributed by atoms with Gasteiger partial charge in [0.15, 0.2) is 0 Å². The van der Waals surface area contributed by atoms with Crippen molar-refractivity contribution in [3.05, 3.63) is 99.5 Å². The van der Waals surface area contributed by atoms with E-state index >= 15 is 0 Å². The van der Waals surface area contributed by atoms with Crippen molar-refractivity contribution in [2.75, 3.05) is 0 Å². The van der Waals surface area contributed by atoms with E-state index in [0.717, 1.165) is 20.7 Å². The Balaban J connectivity index is 1.60. The maximum Gasteiger partial charge on any atom is 0.115 e. The molecule has 0 saturated heterocycles. The van der Waals surface area contributed by atoms with Gasteiger partial charge in [0.05, 0.1) is 0 Å². The Morgan fingerprint density at radius 1 is 0.529 bits per heavy atom. The van der Waals surface area contributed by atoms with Crippen LogP contribution in [0.25, 0.3) is 43.8 Å². The second kappa shape index (κ2) is 6.43. The van der Waals surface area contributed by atoms with Gasteiger partial charge in [0, 0.05) is 15.3 Å².